The van der Waals surface area contributed by atoms with Gasteiger partial charge in [0.15, 0.2) is 6.10 Å². The lowest BCUT2D eigenvalue weighted by atomic mass is 10.0. The normalized spacial score (nSPS) is 12.7. The second-order valence-corrected chi connectivity index (χ2v) is 23.4. The monoisotopic (exact) mass is 1140 g/mol. The van der Waals surface area contributed by atoms with E-state index >= 15 is 0 Å². The second-order valence-electron chi connectivity index (χ2n) is 23.4. The van der Waals surface area contributed by atoms with Crippen molar-refractivity contribution in [2.75, 3.05) is 13.2 Å². The van der Waals surface area contributed by atoms with Crippen LogP contribution in [0.1, 0.15) is 348 Å². The van der Waals surface area contributed by atoms with Crippen molar-refractivity contribution in [2.24, 2.45) is 0 Å². The van der Waals surface area contributed by atoms with Crippen LogP contribution in [0.3, 0.4) is 0 Å². The Balaban J connectivity index is 4.34. The van der Waals surface area contributed by atoms with Crippen LogP contribution in [0.5, 0.6) is 0 Å². The van der Waals surface area contributed by atoms with Gasteiger partial charge in [-0.1, -0.05) is 304 Å². The topological polar surface area (TPSA) is 78.9 Å². The maximum absolute atomic E-state index is 13.0. The minimum absolute atomic E-state index is 0.0849. The summed E-state index contributed by atoms with van der Waals surface area (Å²) in [5.74, 6) is -0.893. The molecule has 0 amide bonds. The Morgan fingerprint density at radius 3 is 0.756 bits per heavy atom. The third-order valence-electron chi connectivity index (χ3n) is 15.3. The van der Waals surface area contributed by atoms with E-state index in [1.807, 2.05) is 0 Å². The van der Waals surface area contributed by atoms with Crippen molar-refractivity contribution in [2.45, 2.75) is 354 Å². The number of hydrogen-bond acceptors (Lipinski definition) is 6. The second kappa shape index (κ2) is 69.8. The Labute approximate surface area is 508 Å². The van der Waals surface area contributed by atoms with Crippen LogP contribution in [0.25, 0.3) is 0 Å². The van der Waals surface area contributed by atoms with E-state index in [0.717, 1.165) is 116 Å². The van der Waals surface area contributed by atoms with E-state index in [1.54, 1.807) is 0 Å². The molecule has 0 aliphatic heterocycles. The molecule has 0 aromatic rings. The maximum atomic E-state index is 13.0. The molecule has 0 fully saturated rings. The van der Waals surface area contributed by atoms with Crippen LogP contribution < -0.4 is 0 Å². The van der Waals surface area contributed by atoms with Crippen LogP contribution >= 0.6 is 0 Å². The molecule has 472 valence electrons. The molecule has 6 nitrogen and oxygen atoms in total. The fraction of sp³-hybridized carbons (Fsp3) is 0.750. The smallest absolute Gasteiger partial charge is 0.306 e. The minimum Gasteiger partial charge on any atom is -0.462 e. The number of ether oxygens (including phenoxy) is 3. The van der Waals surface area contributed by atoms with Crippen LogP contribution in [0.2, 0.25) is 0 Å². The van der Waals surface area contributed by atoms with Gasteiger partial charge in [0, 0.05) is 19.3 Å². The predicted octanol–water partition coefficient (Wildman–Crippen LogP) is 24.4. The molecule has 0 rings (SSSR count). The molecule has 0 aliphatic carbocycles. The molecule has 1 atom stereocenters. The molecule has 0 radical (unpaired) electrons. The summed E-state index contributed by atoms with van der Waals surface area (Å²) in [5, 5.41) is 0. The standard InChI is InChI=1S/C76H132O6/c1-4-7-10-13-16-19-22-25-28-30-32-34-36-38-40-42-44-46-48-51-54-57-60-63-66-69-75(78)81-72-73(71-80-74(77)68-65-62-59-56-53-50-27-24-21-18-15-12-9-6-3)82-76(79)70-67-64-61-58-55-52-49-47-45-43-41-39-37-35-33-31-29-26-23-20-17-14-11-8-5-2/h7,10,16,19,24-25,27-28,31-34,38,40,44,46,73H,4-6,8-9,11-15,17-18,20-23,26,29-30,35-37,39,41-43,45,47-72H2,1-3H3/b10-7-,19-16-,27-24-,28-25-,33-31-,34-32-,40-38-,46-44-. The van der Waals surface area contributed by atoms with Crippen molar-refractivity contribution < 1.29 is 28.6 Å². The largest absolute Gasteiger partial charge is 0.462 e. The predicted molar refractivity (Wildman–Crippen MR) is 357 cm³/mol. The van der Waals surface area contributed by atoms with Crippen LogP contribution in [0.4, 0.5) is 0 Å². The quantitative estimate of drug-likeness (QED) is 0.0261. The van der Waals surface area contributed by atoms with Gasteiger partial charge in [-0.15, -0.1) is 0 Å². The van der Waals surface area contributed by atoms with Crippen LogP contribution in [0, 0.1) is 0 Å². The molecule has 0 heterocycles. The van der Waals surface area contributed by atoms with Gasteiger partial charge in [-0.25, -0.2) is 0 Å². The van der Waals surface area contributed by atoms with Gasteiger partial charge < -0.3 is 14.2 Å². The molecule has 0 aromatic carbocycles. The van der Waals surface area contributed by atoms with Crippen molar-refractivity contribution >= 4 is 17.9 Å². The molecule has 6 heteroatoms. The van der Waals surface area contributed by atoms with Gasteiger partial charge in [-0.2, -0.15) is 0 Å². The zero-order valence-electron chi connectivity index (χ0n) is 54.2. The molecule has 0 spiro atoms. The summed E-state index contributed by atoms with van der Waals surface area (Å²) in [7, 11) is 0. The zero-order chi connectivity index (χ0) is 59.2. The highest BCUT2D eigenvalue weighted by molar-refractivity contribution is 5.71. The summed E-state index contributed by atoms with van der Waals surface area (Å²) >= 11 is 0. The highest BCUT2D eigenvalue weighted by atomic mass is 16.6. The summed E-state index contributed by atoms with van der Waals surface area (Å²) in [6.07, 6.45) is 94.3. The number of rotatable bonds is 64. The summed E-state index contributed by atoms with van der Waals surface area (Å²) in [6.45, 7) is 6.54. The van der Waals surface area contributed by atoms with Gasteiger partial charge in [0.2, 0.25) is 0 Å². The Bertz CT molecular complexity index is 1590. The van der Waals surface area contributed by atoms with E-state index in [9.17, 15) is 14.4 Å². The van der Waals surface area contributed by atoms with E-state index in [1.165, 1.54) is 193 Å². The van der Waals surface area contributed by atoms with Gasteiger partial charge in [0.1, 0.15) is 13.2 Å². The number of carbonyl (C=O) groups excluding carboxylic acids is 3. The van der Waals surface area contributed by atoms with Crippen molar-refractivity contribution in [3.05, 3.63) is 97.2 Å². The van der Waals surface area contributed by atoms with Crippen molar-refractivity contribution in [1.29, 1.82) is 0 Å². The van der Waals surface area contributed by atoms with Gasteiger partial charge in [0.25, 0.3) is 0 Å². The highest BCUT2D eigenvalue weighted by Crippen LogP contribution is 2.17. The fourth-order valence-electron chi connectivity index (χ4n) is 10.0. The minimum atomic E-state index is -0.790. The lowest BCUT2D eigenvalue weighted by molar-refractivity contribution is -0.167. The number of hydrogen-bond donors (Lipinski definition) is 0. The first-order valence-electron chi connectivity index (χ1n) is 35.2. The van der Waals surface area contributed by atoms with E-state index in [2.05, 4.69) is 118 Å². The van der Waals surface area contributed by atoms with Gasteiger partial charge in [-0.3, -0.25) is 14.4 Å². The molecule has 0 bridgehead atoms. The number of allylic oxidation sites excluding steroid dienone is 16. The van der Waals surface area contributed by atoms with E-state index < -0.39 is 6.10 Å². The lowest BCUT2D eigenvalue weighted by Crippen LogP contribution is -2.30. The molecule has 82 heavy (non-hydrogen) atoms. The van der Waals surface area contributed by atoms with Crippen LogP contribution in [0.15, 0.2) is 97.2 Å². The van der Waals surface area contributed by atoms with Crippen LogP contribution in [-0.4, -0.2) is 37.2 Å². The van der Waals surface area contributed by atoms with Gasteiger partial charge in [-0.05, 0) is 122 Å². The average molecular weight is 1140 g/mol. The van der Waals surface area contributed by atoms with E-state index in [4.69, 9.17) is 14.2 Å². The van der Waals surface area contributed by atoms with Gasteiger partial charge >= 0.3 is 17.9 Å². The Morgan fingerprint density at radius 2 is 0.476 bits per heavy atom. The summed E-state index contributed by atoms with van der Waals surface area (Å²) in [6, 6.07) is 0. The first-order valence-corrected chi connectivity index (χ1v) is 35.2. The molecule has 0 saturated heterocycles. The molecular weight excluding hydrogens is 1010 g/mol. The molecular formula is C76H132O6. The average Bonchev–Trinajstić information content (AvgIpc) is 3.47. The lowest BCUT2D eigenvalue weighted by Gasteiger charge is -2.18. The number of carbonyl (C=O) groups is 3. The van der Waals surface area contributed by atoms with E-state index in [-0.39, 0.29) is 31.1 Å². The van der Waals surface area contributed by atoms with Crippen molar-refractivity contribution in [3.8, 4) is 0 Å². The van der Waals surface area contributed by atoms with Crippen molar-refractivity contribution in [3.63, 3.8) is 0 Å². The summed E-state index contributed by atoms with van der Waals surface area (Å²) < 4.78 is 17.0. The molecule has 0 N–H and O–H groups in total. The van der Waals surface area contributed by atoms with Crippen molar-refractivity contribution in [1.82, 2.24) is 0 Å². The van der Waals surface area contributed by atoms with E-state index in [0.29, 0.717) is 19.3 Å². The Hall–Kier alpha value is -3.67. The third-order valence-corrected chi connectivity index (χ3v) is 15.3. The number of unbranched alkanes of at least 4 members (excludes halogenated alkanes) is 37. The zero-order valence-corrected chi connectivity index (χ0v) is 54.2. The summed E-state index contributed by atoms with van der Waals surface area (Å²) in [5.41, 5.74) is 0. The summed E-state index contributed by atoms with van der Waals surface area (Å²) in [4.78, 5) is 38.4. The third kappa shape index (κ3) is 67.1. The Morgan fingerprint density at radius 1 is 0.256 bits per heavy atom. The van der Waals surface area contributed by atoms with Gasteiger partial charge in [0.05, 0.1) is 0 Å². The Kier molecular flexibility index (Phi) is 66.7. The number of esters is 3. The molecule has 0 aromatic heterocycles. The molecule has 0 aliphatic rings. The molecule has 0 saturated carbocycles. The highest BCUT2D eigenvalue weighted by Gasteiger charge is 2.19. The fourth-order valence-corrected chi connectivity index (χ4v) is 10.0. The first-order chi connectivity index (χ1) is 40.5. The maximum Gasteiger partial charge on any atom is 0.306 e. The SMILES string of the molecule is CC/C=C\C/C=C\C/C=C\C/C=C\C/C=C\C/C=C\CCCCCCCCC(=O)OCC(COC(=O)CCCCCCC/C=C\CCCCCCC)OC(=O)CCCCCCCCCCCCCCC/C=C\CCCCCCCCCC. The van der Waals surface area contributed by atoms with Crippen LogP contribution in [-0.2, 0) is 28.6 Å². The first kappa shape index (κ1) is 78.3. The molecule has 1 unspecified atom stereocenters.